The number of phenols is 2. The van der Waals surface area contributed by atoms with Gasteiger partial charge in [-0.25, -0.2) is 0 Å². The maximum absolute atomic E-state index is 13.4. The van der Waals surface area contributed by atoms with Crippen molar-refractivity contribution in [1.29, 1.82) is 0 Å². The molecular weight excluding hydrogens is 333 g/mol. The number of hydrogen-bond acceptors (Lipinski definition) is 3. The number of nitrogens with one attached hydrogen (secondary N) is 1. The zero-order valence-corrected chi connectivity index (χ0v) is 13.2. The van der Waals surface area contributed by atoms with Gasteiger partial charge in [0.2, 0.25) is 0 Å². The van der Waals surface area contributed by atoms with Crippen LogP contribution in [0.4, 0.5) is 13.2 Å². The number of aromatic amines is 1. The van der Waals surface area contributed by atoms with Gasteiger partial charge in [0.25, 0.3) is 0 Å². The van der Waals surface area contributed by atoms with E-state index in [1.807, 2.05) is 5.10 Å². The molecule has 3 aromatic rings. The Labute approximate surface area is 141 Å². The topological polar surface area (TPSA) is 69.1 Å². The van der Waals surface area contributed by atoms with E-state index in [1.165, 1.54) is 6.07 Å². The van der Waals surface area contributed by atoms with Crippen LogP contribution in [-0.2, 0) is 12.6 Å². The monoisotopic (exact) mass is 348 g/mol. The number of phenolic OH excluding ortho intramolecular Hbond substituents is 2. The highest BCUT2D eigenvalue weighted by Gasteiger charge is 2.38. The zero-order chi connectivity index (χ0) is 18.2. The summed E-state index contributed by atoms with van der Waals surface area (Å²) >= 11 is 0. The molecule has 0 bridgehead atoms. The summed E-state index contributed by atoms with van der Waals surface area (Å²) < 4.78 is 40.2. The summed E-state index contributed by atoms with van der Waals surface area (Å²) in [5.41, 5.74) is -0.200. The van der Waals surface area contributed by atoms with Crippen molar-refractivity contribution in [2.45, 2.75) is 19.5 Å². The molecule has 2 aromatic carbocycles. The second-order valence-electron chi connectivity index (χ2n) is 5.54. The Bertz CT molecular complexity index is 903. The first kappa shape index (κ1) is 16.9. The average molecular weight is 348 g/mol. The SMILES string of the molecule is CCc1cc(-c2n[nH]c(C(F)(F)F)c2-c2ccccc2)c(O)cc1O. The van der Waals surface area contributed by atoms with Crippen molar-refractivity contribution in [1.82, 2.24) is 10.2 Å². The minimum atomic E-state index is -4.63. The van der Waals surface area contributed by atoms with Crippen LogP contribution >= 0.6 is 0 Å². The van der Waals surface area contributed by atoms with E-state index >= 15 is 0 Å². The fourth-order valence-corrected chi connectivity index (χ4v) is 2.72. The Morgan fingerprint density at radius 3 is 2.32 bits per heavy atom. The van der Waals surface area contributed by atoms with Crippen LogP contribution in [0.1, 0.15) is 18.2 Å². The van der Waals surface area contributed by atoms with Crippen molar-refractivity contribution >= 4 is 0 Å². The minimum absolute atomic E-state index is 0.0225. The van der Waals surface area contributed by atoms with Crippen molar-refractivity contribution in [3.63, 3.8) is 0 Å². The molecule has 0 aliphatic rings. The van der Waals surface area contributed by atoms with Crippen molar-refractivity contribution in [2.75, 3.05) is 0 Å². The van der Waals surface area contributed by atoms with Crippen LogP contribution in [0.25, 0.3) is 22.4 Å². The molecule has 0 amide bonds. The molecule has 0 fully saturated rings. The molecular formula is C18H15F3N2O2. The summed E-state index contributed by atoms with van der Waals surface area (Å²) in [4.78, 5) is 0. The predicted octanol–water partition coefficient (Wildman–Crippen LogP) is 4.74. The van der Waals surface area contributed by atoms with Crippen molar-refractivity contribution in [3.8, 4) is 33.9 Å². The van der Waals surface area contributed by atoms with Gasteiger partial charge in [-0.15, -0.1) is 0 Å². The van der Waals surface area contributed by atoms with Gasteiger partial charge in [-0.05, 0) is 23.6 Å². The van der Waals surface area contributed by atoms with E-state index in [9.17, 15) is 23.4 Å². The molecule has 25 heavy (non-hydrogen) atoms. The van der Waals surface area contributed by atoms with Gasteiger partial charge in [0.1, 0.15) is 22.9 Å². The Hall–Kier alpha value is -2.96. The van der Waals surface area contributed by atoms with Gasteiger partial charge in [0.05, 0.1) is 0 Å². The molecule has 0 saturated heterocycles. The molecule has 1 heterocycles. The first-order chi connectivity index (χ1) is 11.8. The van der Waals surface area contributed by atoms with Gasteiger partial charge in [0.15, 0.2) is 0 Å². The maximum atomic E-state index is 13.4. The Kier molecular flexibility index (Phi) is 4.16. The Morgan fingerprint density at radius 1 is 1.04 bits per heavy atom. The van der Waals surface area contributed by atoms with Crippen molar-refractivity contribution in [2.24, 2.45) is 0 Å². The Morgan fingerprint density at radius 2 is 1.72 bits per heavy atom. The van der Waals surface area contributed by atoms with Crippen LogP contribution in [0.3, 0.4) is 0 Å². The van der Waals surface area contributed by atoms with E-state index in [2.05, 4.69) is 5.10 Å². The van der Waals surface area contributed by atoms with Crippen LogP contribution in [0, 0.1) is 0 Å². The maximum Gasteiger partial charge on any atom is 0.433 e. The molecule has 130 valence electrons. The largest absolute Gasteiger partial charge is 0.508 e. The third-order valence-electron chi connectivity index (χ3n) is 3.95. The lowest BCUT2D eigenvalue weighted by Gasteiger charge is -2.11. The van der Waals surface area contributed by atoms with E-state index in [-0.39, 0.29) is 28.3 Å². The highest BCUT2D eigenvalue weighted by atomic mass is 19.4. The van der Waals surface area contributed by atoms with Crippen LogP contribution in [0.5, 0.6) is 11.5 Å². The molecule has 0 atom stereocenters. The standard InChI is InChI=1S/C18H15F3N2O2/c1-2-10-8-12(14(25)9-13(10)24)16-15(11-6-4-3-5-7-11)17(23-22-16)18(19,20)21/h3-9,24-25H,2H2,1H3,(H,22,23). The summed E-state index contributed by atoms with van der Waals surface area (Å²) in [6, 6.07) is 10.6. The van der Waals surface area contributed by atoms with Crippen molar-refractivity contribution < 1.29 is 23.4 Å². The highest BCUT2D eigenvalue weighted by Crippen LogP contribution is 2.44. The van der Waals surface area contributed by atoms with Gasteiger partial charge in [0, 0.05) is 17.2 Å². The van der Waals surface area contributed by atoms with Gasteiger partial charge in [-0.1, -0.05) is 37.3 Å². The number of H-pyrrole nitrogens is 1. The number of nitrogens with zero attached hydrogens (tertiary/aromatic N) is 1. The summed E-state index contributed by atoms with van der Waals surface area (Å²) in [5, 5.41) is 25.8. The van der Waals surface area contributed by atoms with Gasteiger partial charge < -0.3 is 10.2 Å². The zero-order valence-electron chi connectivity index (χ0n) is 13.2. The van der Waals surface area contributed by atoms with E-state index in [4.69, 9.17) is 0 Å². The second kappa shape index (κ2) is 6.16. The van der Waals surface area contributed by atoms with Crippen LogP contribution < -0.4 is 0 Å². The number of hydrogen-bond donors (Lipinski definition) is 3. The molecule has 0 radical (unpaired) electrons. The lowest BCUT2D eigenvalue weighted by molar-refractivity contribution is -0.140. The number of benzene rings is 2. The fraction of sp³-hybridized carbons (Fsp3) is 0.167. The molecule has 1 aromatic heterocycles. The van der Waals surface area contributed by atoms with E-state index in [0.29, 0.717) is 17.5 Å². The predicted molar refractivity (Wildman–Crippen MR) is 87.2 cm³/mol. The summed E-state index contributed by atoms with van der Waals surface area (Å²) in [5.74, 6) is -0.455. The average Bonchev–Trinajstić information content (AvgIpc) is 3.01. The van der Waals surface area contributed by atoms with Gasteiger partial charge in [-0.3, -0.25) is 5.10 Å². The lowest BCUT2D eigenvalue weighted by Crippen LogP contribution is -2.07. The van der Waals surface area contributed by atoms with E-state index in [0.717, 1.165) is 6.07 Å². The third-order valence-corrected chi connectivity index (χ3v) is 3.95. The number of halogens is 3. The third kappa shape index (κ3) is 3.05. The highest BCUT2D eigenvalue weighted by molar-refractivity contribution is 5.86. The smallest absolute Gasteiger partial charge is 0.433 e. The molecule has 3 N–H and O–H groups in total. The quantitative estimate of drug-likeness (QED) is 0.640. The summed E-state index contributed by atoms with van der Waals surface area (Å²) in [6.07, 6.45) is -4.17. The first-order valence-corrected chi connectivity index (χ1v) is 7.59. The minimum Gasteiger partial charge on any atom is -0.508 e. The van der Waals surface area contributed by atoms with Crippen molar-refractivity contribution in [3.05, 3.63) is 53.7 Å². The number of alkyl halides is 3. The molecule has 4 nitrogen and oxygen atoms in total. The van der Waals surface area contributed by atoms with Crippen LogP contribution in [0.2, 0.25) is 0 Å². The first-order valence-electron chi connectivity index (χ1n) is 7.59. The van der Waals surface area contributed by atoms with Crippen LogP contribution in [0.15, 0.2) is 42.5 Å². The molecule has 0 saturated carbocycles. The van der Waals surface area contributed by atoms with E-state index < -0.39 is 11.9 Å². The molecule has 0 spiro atoms. The molecule has 0 aliphatic heterocycles. The number of aromatic hydroxyl groups is 2. The van der Waals surface area contributed by atoms with Gasteiger partial charge >= 0.3 is 6.18 Å². The summed E-state index contributed by atoms with van der Waals surface area (Å²) in [6.45, 7) is 1.79. The fourth-order valence-electron chi connectivity index (χ4n) is 2.72. The molecule has 0 aliphatic carbocycles. The normalized spacial score (nSPS) is 11.7. The van der Waals surface area contributed by atoms with Gasteiger partial charge in [-0.2, -0.15) is 18.3 Å². The second-order valence-corrected chi connectivity index (χ2v) is 5.54. The lowest BCUT2D eigenvalue weighted by atomic mass is 9.96. The number of aromatic nitrogens is 2. The molecule has 7 heteroatoms. The van der Waals surface area contributed by atoms with E-state index in [1.54, 1.807) is 37.3 Å². The number of aryl methyl sites for hydroxylation is 1. The Balaban J connectivity index is 2.30. The molecule has 0 unspecified atom stereocenters. The summed E-state index contributed by atoms with van der Waals surface area (Å²) in [7, 11) is 0. The number of rotatable bonds is 3. The molecule has 3 rings (SSSR count). The van der Waals surface area contributed by atoms with Crippen LogP contribution in [-0.4, -0.2) is 20.4 Å².